The maximum atomic E-state index is 14.6. The summed E-state index contributed by atoms with van der Waals surface area (Å²) in [6.45, 7) is 7.09. The number of hydrogen-bond donors (Lipinski definition) is 2. The van der Waals surface area contributed by atoms with Crippen LogP contribution in [-0.2, 0) is 41.7 Å². The van der Waals surface area contributed by atoms with Crippen LogP contribution in [0, 0.1) is 17.6 Å². The van der Waals surface area contributed by atoms with E-state index < -0.39 is 29.6 Å². The van der Waals surface area contributed by atoms with Crippen LogP contribution in [0.2, 0.25) is 0 Å². The second-order valence-corrected chi connectivity index (χ2v) is 20.0. The van der Waals surface area contributed by atoms with Crippen LogP contribution in [0.15, 0.2) is 52.5 Å². The van der Waals surface area contributed by atoms with Crippen LogP contribution >= 0.6 is 23.7 Å². The van der Waals surface area contributed by atoms with E-state index in [9.17, 15) is 28.0 Å². The summed E-state index contributed by atoms with van der Waals surface area (Å²) in [5.74, 6) is -1.32. The van der Waals surface area contributed by atoms with Crippen molar-refractivity contribution < 1.29 is 56.2 Å². The third kappa shape index (κ3) is 15.4. The minimum atomic E-state index is -1.10. The van der Waals surface area contributed by atoms with E-state index in [1.165, 1.54) is 15.5 Å². The third-order valence-electron chi connectivity index (χ3n) is 14.1. The van der Waals surface area contributed by atoms with Crippen molar-refractivity contribution >= 4 is 68.5 Å². The number of amides is 4. The molecular weight excluding hydrogens is 1020 g/mol. The maximum Gasteiger partial charge on any atom is 0.270 e. The van der Waals surface area contributed by atoms with E-state index in [4.69, 9.17) is 28.2 Å². The molecule has 23 heteroatoms. The lowest BCUT2D eigenvalue weighted by Crippen LogP contribution is -2.59. The van der Waals surface area contributed by atoms with Gasteiger partial charge < -0.3 is 58.1 Å². The topological polar surface area (TPSA) is 195 Å². The molecule has 0 unspecified atom stereocenters. The van der Waals surface area contributed by atoms with Crippen LogP contribution in [0.1, 0.15) is 68.1 Å². The zero-order valence-corrected chi connectivity index (χ0v) is 44.6. The van der Waals surface area contributed by atoms with E-state index in [1.807, 2.05) is 17.5 Å². The van der Waals surface area contributed by atoms with Crippen LogP contribution in [0.4, 0.5) is 8.78 Å². The number of carbonyl (C=O) groups is 4. The Morgan fingerprint density at radius 2 is 1.53 bits per heavy atom. The lowest BCUT2D eigenvalue weighted by molar-refractivity contribution is -0.140. The van der Waals surface area contributed by atoms with Crippen molar-refractivity contribution in [3.05, 3.63) is 71.1 Å². The highest BCUT2D eigenvalue weighted by Gasteiger charge is 2.37. The fourth-order valence-corrected chi connectivity index (χ4v) is 10.5. The summed E-state index contributed by atoms with van der Waals surface area (Å²) in [6.07, 6.45) is 8.56. The van der Waals surface area contributed by atoms with Crippen molar-refractivity contribution in [2.75, 3.05) is 106 Å². The number of nitrogens with one attached hydrogen (secondary N) is 2. The Labute approximate surface area is 445 Å². The van der Waals surface area contributed by atoms with E-state index in [0.29, 0.717) is 45.5 Å². The fraction of sp³-hybridized carbons (Fsp3) is 0.577. The Morgan fingerprint density at radius 1 is 0.853 bits per heavy atom. The van der Waals surface area contributed by atoms with Gasteiger partial charge in [0.1, 0.15) is 36.7 Å². The number of thiophene rings is 1. The highest BCUT2D eigenvalue weighted by atomic mass is 35.5. The first-order valence-electron chi connectivity index (χ1n) is 25.8. The first-order valence-corrected chi connectivity index (χ1v) is 26.6. The van der Waals surface area contributed by atoms with E-state index >= 15 is 0 Å². The molecule has 5 aromatic rings. The van der Waals surface area contributed by atoms with E-state index in [1.54, 1.807) is 54.4 Å². The van der Waals surface area contributed by atoms with Gasteiger partial charge in [-0.15, -0.1) is 23.7 Å². The van der Waals surface area contributed by atoms with Gasteiger partial charge in [-0.25, -0.2) is 8.78 Å². The van der Waals surface area contributed by atoms with Gasteiger partial charge in [0.2, 0.25) is 17.7 Å². The first-order chi connectivity index (χ1) is 35.9. The van der Waals surface area contributed by atoms with Crippen molar-refractivity contribution in [2.45, 2.75) is 83.1 Å². The molecule has 4 aromatic heterocycles. The number of piperazine rings is 1. The molecule has 75 heavy (non-hydrogen) atoms. The molecule has 8 rings (SSSR count). The van der Waals surface area contributed by atoms with Gasteiger partial charge in [0, 0.05) is 76.6 Å². The smallest absolute Gasteiger partial charge is 0.270 e. The van der Waals surface area contributed by atoms with Gasteiger partial charge in [0.15, 0.2) is 17.4 Å². The number of likely N-dealkylation sites (tertiary alicyclic amines) is 1. The lowest BCUT2D eigenvalue weighted by atomic mass is 9.83. The number of rotatable bonds is 25. The van der Waals surface area contributed by atoms with Gasteiger partial charge in [-0.05, 0) is 80.4 Å². The summed E-state index contributed by atoms with van der Waals surface area (Å²) in [6, 6.07) is 8.09. The number of fused-ring (bicyclic) bond motifs is 2. The first kappa shape index (κ1) is 57.2. The molecule has 3 aliphatic rings. The molecule has 1 saturated carbocycles. The molecule has 2 aliphatic heterocycles. The zero-order chi connectivity index (χ0) is 52.0. The normalized spacial score (nSPS) is 16.7. The molecule has 2 atom stereocenters. The Bertz CT molecular complexity index is 2650. The summed E-state index contributed by atoms with van der Waals surface area (Å²) < 4.78 is 66.1. The molecule has 410 valence electrons. The monoisotopic (exact) mass is 1090 g/mol. The second-order valence-electron chi connectivity index (χ2n) is 19.1. The van der Waals surface area contributed by atoms with Crippen LogP contribution < -0.4 is 20.1 Å². The summed E-state index contributed by atoms with van der Waals surface area (Å²) in [5.41, 5.74) is 1.26. The molecular formula is C52H70ClF2N9O10S. The Morgan fingerprint density at radius 3 is 2.25 bits per heavy atom. The number of carbonyl (C=O) groups excluding carboxylic acids is 4. The molecule has 2 saturated heterocycles. The van der Waals surface area contributed by atoms with Gasteiger partial charge in [-0.2, -0.15) is 0 Å². The summed E-state index contributed by atoms with van der Waals surface area (Å²) in [5, 5.41) is 12.3. The number of piperidine rings is 1. The quantitative estimate of drug-likeness (QED) is 0.0693. The van der Waals surface area contributed by atoms with Crippen molar-refractivity contribution in [3.63, 3.8) is 0 Å². The zero-order valence-electron chi connectivity index (χ0n) is 43.0. The average molecular weight is 1090 g/mol. The van der Waals surface area contributed by atoms with Crippen LogP contribution in [0.3, 0.4) is 0 Å². The summed E-state index contributed by atoms with van der Waals surface area (Å²) in [4.78, 5) is 66.0. The number of likely N-dealkylation sites (N-methyl/N-ethyl adjacent to an activating group) is 2. The average Bonchev–Trinajstić information content (AvgIpc) is 4.18. The fourth-order valence-electron chi connectivity index (χ4n) is 9.64. The van der Waals surface area contributed by atoms with Gasteiger partial charge in [-0.1, -0.05) is 19.3 Å². The number of nitrogens with zero attached hydrogens (tertiary/aromatic N) is 7. The predicted molar refractivity (Wildman–Crippen MR) is 279 cm³/mol. The van der Waals surface area contributed by atoms with Gasteiger partial charge in [-0.3, -0.25) is 29.1 Å². The summed E-state index contributed by atoms with van der Waals surface area (Å²) >= 11 is 1.65. The molecule has 2 N–H and O–H groups in total. The van der Waals surface area contributed by atoms with Crippen molar-refractivity contribution in [3.8, 4) is 11.6 Å². The standard InChI is InChI=1S/C52H69F2N9O10S.ClH/c1-35(55-2)50(65)57-48(36-7-5-4-6-8-36)52(67)62-18-16-61(17-19-62)51(66)44-30-37-29-40(53)41(54)32-43(37)63(44)34-47(64)59(3)20-21-68-22-23-69-24-25-70-26-27-71-46-31-39(73-58-46)33-60-14-10-38(11-15-60)72-45-9-13-56-42-12-28-74-49(42)45;/h9,12-13,28-32,35-36,38,48,55H,4-8,10-11,14-27,33-34H2,1-3H3,(H,57,65);1H/t35-,48-;/m0./s1. The van der Waals surface area contributed by atoms with Crippen LogP contribution in [0.25, 0.3) is 21.1 Å². The third-order valence-corrected chi connectivity index (χ3v) is 15.0. The highest BCUT2D eigenvalue weighted by Crippen LogP contribution is 2.32. The van der Waals surface area contributed by atoms with E-state index in [-0.39, 0.29) is 111 Å². The Hall–Kier alpha value is -5.49. The van der Waals surface area contributed by atoms with Crippen LogP contribution in [0.5, 0.6) is 11.6 Å². The van der Waals surface area contributed by atoms with Crippen molar-refractivity contribution in [1.29, 1.82) is 0 Å². The number of aromatic nitrogens is 3. The number of halogens is 3. The largest absolute Gasteiger partial charge is 0.489 e. The Kier molecular flexibility index (Phi) is 21.4. The molecule has 19 nitrogen and oxygen atoms in total. The lowest BCUT2D eigenvalue weighted by Gasteiger charge is -2.39. The molecule has 4 amide bonds. The molecule has 0 bridgehead atoms. The minimum absolute atomic E-state index is 0. The highest BCUT2D eigenvalue weighted by molar-refractivity contribution is 7.17. The second kappa shape index (κ2) is 28.0. The van der Waals surface area contributed by atoms with Crippen molar-refractivity contribution in [1.82, 2.24) is 44.9 Å². The van der Waals surface area contributed by atoms with Crippen molar-refractivity contribution in [2.24, 2.45) is 5.92 Å². The predicted octanol–water partition coefficient (Wildman–Crippen LogP) is 5.53. The Balaban J connectivity index is 0.00000820. The SMILES string of the molecule is CN[C@@H](C)C(=O)N[C@H](C(=O)N1CCN(C(=O)c2cc3cc(F)c(F)cc3n2CC(=O)N(C)CCOCCOCCOCCOc2cc(CN3CCC(Oc4ccnc5ccsc45)CC3)on2)CC1)C1CCCCC1.Cl. The van der Waals surface area contributed by atoms with E-state index in [0.717, 1.165) is 91.9 Å². The number of hydrogen-bond acceptors (Lipinski definition) is 15. The van der Waals surface area contributed by atoms with Gasteiger partial charge in [0.05, 0.1) is 68.0 Å². The molecule has 1 aromatic carbocycles. The molecule has 6 heterocycles. The van der Waals surface area contributed by atoms with Crippen LogP contribution in [-0.4, -0.2) is 182 Å². The minimum Gasteiger partial charge on any atom is -0.489 e. The molecule has 3 fully saturated rings. The van der Waals surface area contributed by atoms with Gasteiger partial charge in [0.25, 0.3) is 11.8 Å². The molecule has 0 radical (unpaired) electrons. The molecule has 1 aliphatic carbocycles. The van der Waals surface area contributed by atoms with E-state index in [2.05, 4.69) is 25.7 Å². The maximum absolute atomic E-state index is 14.6. The number of benzene rings is 1. The van der Waals surface area contributed by atoms with Gasteiger partial charge >= 0.3 is 0 Å². The summed E-state index contributed by atoms with van der Waals surface area (Å²) in [7, 11) is 3.29. The number of pyridine rings is 1. The molecule has 0 spiro atoms. The number of ether oxygens (including phenoxy) is 5.